The van der Waals surface area contributed by atoms with Gasteiger partial charge in [-0.2, -0.15) is 0 Å². The molecule has 1 aliphatic carbocycles. The van der Waals surface area contributed by atoms with Crippen LogP contribution >= 0.6 is 0 Å². The third-order valence-electron chi connectivity index (χ3n) is 8.33. The van der Waals surface area contributed by atoms with Gasteiger partial charge < -0.3 is 24.9 Å². The van der Waals surface area contributed by atoms with Crippen molar-refractivity contribution in [1.82, 2.24) is 5.32 Å². The lowest BCUT2D eigenvalue weighted by molar-refractivity contribution is -0.123. The lowest BCUT2D eigenvalue weighted by Crippen LogP contribution is -2.57. The number of rotatable bonds is 6. The van der Waals surface area contributed by atoms with Crippen LogP contribution in [0, 0.1) is 0 Å². The van der Waals surface area contributed by atoms with E-state index in [4.69, 9.17) is 4.42 Å². The van der Waals surface area contributed by atoms with Crippen LogP contribution in [0.5, 0.6) is 0 Å². The number of furan rings is 1. The number of para-hydroxylation sites is 1. The molecule has 3 amide bonds. The van der Waals surface area contributed by atoms with E-state index in [2.05, 4.69) is 10.6 Å². The fourth-order valence-corrected chi connectivity index (χ4v) is 6.22. The number of hydrogen-bond acceptors (Lipinski definition) is 6. The van der Waals surface area contributed by atoms with E-state index >= 15 is 0 Å². The molecule has 2 aromatic carbocycles. The van der Waals surface area contributed by atoms with Gasteiger partial charge in [-0.15, -0.1) is 0 Å². The second-order valence-electron chi connectivity index (χ2n) is 11.1. The fourth-order valence-electron chi connectivity index (χ4n) is 6.22. The van der Waals surface area contributed by atoms with Gasteiger partial charge in [0.1, 0.15) is 11.1 Å². The summed E-state index contributed by atoms with van der Waals surface area (Å²) in [6, 6.07) is 14.6. The number of nitrogens with one attached hydrogen (secondary N) is 2. The largest absolute Gasteiger partial charge is 0.451 e. The van der Waals surface area contributed by atoms with Crippen LogP contribution in [0.3, 0.4) is 0 Å². The average molecular weight is 543 g/mol. The molecule has 2 saturated heterocycles. The first kappa shape index (κ1) is 26.1. The van der Waals surface area contributed by atoms with Gasteiger partial charge in [-0.05, 0) is 56.0 Å². The van der Waals surface area contributed by atoms with Crippen LogP contribution in [-0.2, 0) is 14.4 Å². The maximum atomic E-state index is 13.9. The first-order valence-corrected chi connectivity index (χ1v) is 14.3. The van der Waals surface area contributed by atoms with Gasteiger partial charge in [0.25, 0.3) is 5.91 Å². The molecule has 0 spiro atoms. The number of anilines is 3. The summed E-state index contributed by atoms with van der Waals surface area (Å²) in [4.78, 5) is 55.8. The Morgan fingerprint density at radius 3 is 2.40 bits per heavy atom. The highest BCUT2D eigenvalue weighted by Crippen LogP contribution is 2.37. The van der Waals surface area contributed by atoms with Gasteiger partial charge in [-0.25, -0.2) is 0 Å². The molecule has 0 radical (unpaired) electrons. The van der Waals surface area contributed by atoms with Crippen molar-refractivity contribution in [1.29, 1.82) is 0 Å². The van der Waals surface area contributed by atoms with Crippen molar-refractivity contribution in [3.8, 4) is 0 Å². The Labute approximate surface area is 232 Å². The fraction of sp³-hybridized carbons (Fsp3) is 0.419. The van der Waals surface area contributed by atoms with E-state index in [1.54, 1.807) is 17.0 Å². The van der Waals surface area contributed by atoms with Crippen LogP contribution in [0.1, 0.15) is 68.3 Å². The lowest BCUT2D eigenvalue weighted by Gasteiger charge is -2.36. The number of fused-ring (bicyclic) bond motifs is 1. The Morgan fingerprint density at radius 1 is 0.850 bits per heavy atom. The summed E-state index contributed by atoms with van der Waals surface area (Å²) in [7, 11) is 0. The van der Waals surface area contributed by atoms with Gasteiger partial charge in [0.05, 0.1) is 17.9 Å². The Hall–Kier alpha value is -4.14. The third-order valence-corrected chi connectivity index (χ3v) is 8.33. The minimum Gasteiger partial charge on any atom is -0.451 e. The summed E-state index contributed by atoms with van der Waals surface area (Å²) in [5.74, 6) is -0.302. The first-order valence-electron chi connectivity index (χ1n) is 14.3. The molecule has 3 heterocycles. The maximum absolute atomic E-state index is 13.9. The summed E-state index contributed by atoms with van der Waals surface area (Å²) < 4.78 is 5.77. The zero-order chi connectivity index (χ0) is 27.7. The molecule has 1 aromatic heterocycles. The number of ketones is 1. The van der Waals surface area contributed by atoms with Crippen molar-refractivity contribution in [2.24, 2.45) is 0 Å². The van der Waals surface area contributed by atoms with Crippen LogP contribution in [0.25, 0.3) is 11.0 Å². The molecule has 2 aliphatic heterocycles. The van der Waals surface area contributed by atoms with E-state index < -0.39 is 11.4 Å². The molecular formula is C31H34N4O5. The molecule has 3 aliphatic rings. The molecule has 40 heavy (non-hydrogen) atoms. The lowest BCUT2D eigenvalue weighted by atomic mass is 9.80. The van der Waals surface area contributed by atoms with E-state index in [1.165, 1.54) is 0 Å². The van der Waals surface area contributed by atoms with Crippen molar-refractivity contribution in [2.75, 3.05) is 34.8 Å². The molecule has 208 valence electrons. The van der Waals surface area contributed by atoms with Crippen LogP contribution in [0.4, 0.5) is 17.1 Å². The van der Waals surface area contributed by atoms with Crippen molar-refractivity contribution in [3.05, 3.63) is 54.3 Å². The number of benzene rings is 2. The van der Waals surface area contributed by atoms with Crippen molar-refractivity contribution >= 4 is 51.5 Å². The van der Waals surface area contributed by atoms with E-state index in [-0.39, 0.29) is 23.4 Å². The summed E-state index contributed by atoms with van der Waals surface area (Å²) in [5.41, 5.74) is 1.63. The average Bonchev–Trinajstić information content (AvgIpc) is 3.60. The Balaban J connectivity index is 1.27. The van der Waals surface area contributed by atoms with Crippen LogP contribution in [0.15, 0.2) is 52.9 Å². The van der Waals surface area contributed by atoms with Crippen LogP contribution < -0.4 is 20.4 Å². The second-order valence-corrected chi connectivity index (χ2v) is 11.1. The van der Waals surface area contributed by atoms with E-state index in [0.717, 1.165) is 49.7 Å². The number of carbonyl (C=O) groups is 4. The summed E-state index contributed by atoms with van der Waals surface area (Å²) in [6.07, 6.45) is 6.29. The summed E-state index contributed by atoms with van der Waals surface area (Å²) in [5, 5.41) is 6.89. The number of piperidine rings is 1. The van der Waals surface area contributed by atoms with E-state index in [1.807, 2.05) is 41.3 Å². The standard InChI is InChI=1S/C31H34N4O5/c36-23-9-6-16-34(20-23)24-13-12-22(19-25(24)35-17-7-11-28(35)37)32-30(39)31(14-4-1-5-15-31)33-29(38)27-18-21-8-2-3-10-26(21)40-27/h2-3,8,10,12-13,18-19H,1,4-7,9,11,14-17,20H2,(H,32,39)(H,33,38). The van der Waals surface area contributed by atoms with Crippen LogP contribution in [0.2, 0.25) is 0 Å². The van der Waals surface area contributed by atoms with E-state index in [9.17, 15) is 19.2 Å². The van der Waals surface area contributed by atoms with Crippen molar-refractivity contribution in [2.45, 2.75) is 63.3 Å². The predicted octanol–water partition coefficient (Wildman–Crippen LogP) is 4.80. The normalized spacial score (nSPS) is 19.2. The smallest absolute Gasteiger partial charge is 0.287 e. The topological polar surface area (TPSA) is 112 Å². The zero-order valence-corrected chi connectivity index (χ0v) is 22.5. The molecule has 9 nitrogen and oxygen atoms in total. The quantitative estimate of drug-likeness (QED) is 0.463. The SMILES string of the molecule is O=C1CCCN(c2ccc(NC(=O)C3(NC(=O)c4cc5ccccc5o4)CCCCC3)cc2N2CCCC2=O)C1. The maximum Gasteiger partial charge on any atom is 0.287 e. The Kier molecular flexibility index (Phi) is 7.04. The highest BCUT2D eigenvalue weighted by atomic mass is 16.3. The number of nitrogens with zero attached hydrogens (tertiary/aromatic N) is 2. The van der Waals surface area contributed by atoms with Crippen LogP contribution in [-0.4, -0.2) is 48.7 Å². The molecule has 9 heteroatoms. The minimum absolute atomic E-state index is 0.0370. The monoisotopic (exact) mass is 542 g/mol. The minimum atomic E-state index is -1.07. The highest BCUT2D eigenvalue weighted by molar-refractivity contribution is 6.05. The number of hydrogen-bond donors (Lipinski definition) is 2. The molecule has 0 unspecified atom stereocenters. The second kappa shape index (κ2) is 10.8. The molecular weight excluding hydrogens is 508 g/mol. The van der Waals surface area contributed by atoms with Crippen molar-refractivity contribution in [3.63, 3.8) is 0 Å². The predicted molar refractivity (Wildman–Crippen MR) is 153 cm³/mol. The molecule has 0 atom stereocenters. The molecule has 3 aromatic rings. The Bertz CT molecular complexity index is 1440. The van der Waals surface area contributed by atoms with E-state index in [0.29, 0.717) is 55.7 Å². The van der Waals surface area contributed by atoms with Gasteiger partial charge in [0.2, 0.25) is 11.8 Å². The number of amides is 3. The molecule has 2 N–H and O–H groups in total. The molecule has 6 rings (SSSR count). The van der Waals surface area contributed by atoms with Gasteiger partial charge in [0, 0.05) is 37.0 Å². The van der Waals surface area contributed by atoms with Gasteiger partial charge in [-0.1, -0.05) is 37.5 Å². The van der Waals surface area contributed by atoms with Crippen molar-refractivity contribution < 1.29 is 23.6 Å². The first-order chi connectivity index (χ1) is 19.4. The summed E-state index contributed by atoms with van der Waals surface area (Å²) >= 11 is 0. The molecule has 0 bridgehead atoms. The zero-order valence-electron chi connectivity index (χ0n) is 22.5. The van der Waals surface area contributed by atoms with Gasteiger partial charge in [0.15, 0.2) is 11.5 Å². The number of carbonyl (C=O) groups excluding carboxylic acids is 4. The highest BCUT2D eigenvalue weighted by Gasteiger charge is 2.42. The third kappa shape index (κ3) is 5.08. The number of Topliss-reactive ketones (excluding diaryl/α,β-unsaturated/α-hetero) is 1. The molecule has 3 fully saturated rings. The van der Waals surface area contributed by atoms with Gasteiger partial charge >= 0.3 is 0 Å². The summed E-state index contributed by atoms with van der Waals surface area (Å²) in [6.45, 7) is 1.66. The molecule has 1 saturated carbocycles. The Morgan fingerprint density at radius 2 is 1.65 bits per heavy atom. The van der Waals surface area contributed by atoms with Gasteiger partial charge in [-0.3, -0.25) is 19.2 Å².